The maximum absolute atomic E-state index is 12.8. The summed E-state index contributed by atoms with van der Waals surface area (Å²) in [4.78, 5) is 29.1. The number of carboxylic acids is 1. The number of carbonyl (C=O) groups is 2. The summed E-state index contributed by atoms with van der Waals surface area (Å²) in [5.74, 6) is -1.52. The second-order valence-electron chi connectivity index (χ2n) is 7.49. The lowest BCUT2D eigenvalue weighted by molar-refractivity contribution is 0.0680. The highest BCUT2D eigenvalue weighted by Gasteiger charge is 2.26. The van der Waals surface area contributed by atoms with Gasteiger partial charge in [0.25, 0.3) is 0 Å². The zero-order valence-corrected chi connectivity index (χ0v) is 18.6. The summed E-state index contributed by atoms with van der Waals surface area (Å²) >= 11 is 0. The van der Waals surface area contributed by atoms with Gasteiger partial charge in [-0.05, 0) is 49.1 Å². The number of benzene rings is 2. The molecule has 0 atom stereocenters. The molecule has 0 aliphatic heterocycles. The molecule has 6 heteroatoms. The molecule has 33 heavy (non-hydrogen) atoms. The Morgan fingerprint density at radius 2 is 1.88 bits per heavy atom. The van der Waals surface area contributed by atoms with Crippen LogP contribution in [0.5, 0.6) is 11.5 Å². The van der Waals surface area contributed by atoms with Gasteiger partial charge < -0.3 is 14.6 Å². The first-order valence-corrected chi connectivity index (χ1v) is 10.4. The molecule has 2 aromatic carbocycles. The van der Waals surface area contributed by atoms with Gasteiger partial charge in [0.05, 0.1) is 12.7 Å². The predicted molar refractivity (Wildman–Crippen MR) is 128 cm³/mol. The van der Waals surface area contributed by atoms with E-state index in [4.69, 9.17) is 9.47 Å². The van der Waals surface area contributed by atoms with Gasteiger partial charge in [0.1, 0.15) is 11.3 Å². The van der Waals surface area contributed by atoms with Crippen LogP contribution in [0.4, 0.5) is 0 Å². The van der Waals surface area contributed by atoms with Crippen LogP contribution in [0.2, 0.25) is 0 Å². The highest BCUT2D eigenvalue weighted by Crippen LogP contribution is 2.38. The van der Waals surface area contributed by atoms with E-state index in [2.05, 4.69) is 11.6 Å². The van der Waals surface area contributed by atoms with Gasteiger partial charge in [-0.25, -0.2) is 9.59 Å². The quantitative estimate of drug-likeness (QED) is 0.198. The summed E-state index contributed by atoms with van der Waals surface area (Å²) in [6, 6.07) is 14.3. The molecular weight excluding hydrogens is 418 g/mol. The van der Waals surface area contributed by atoms with E-state index in [0.29, 0.717) is 29.7 Å². The van der Waals surface area contributed by atoms with E-state index >= 15 is 0 Å². The molecule has 0 saturated heterocycles. The van der Waals surface area contributed by atoms with Gasteiger partial charge in [-0.3, -0.25) is 4.98 Å². The molecule has 0 bridgehead atoms. The maximum Gasteiger partial charge on any atom is 0.345 e. The minimum absolute atomic E-state index is 0.0373. The van der Waals surface area contributed by atoms with Crippen LogP contribution in [0.15, 0.2) is 73.1 Å². The van der Waals surface area contributed by atoms with Gasteiger partial charge in [0.15, 0.2) is 5.75 Å². The Morgan fingerprint density at radius 3 is 2.48 bits per heavy atom. The molecule has 3 aromatic rings. The summed E-state index contributed by atoms with van der Waals surface area (Å²) in [5.41, 5.74) is 2.75. The summed E-state index contributed by atoms with van der Waals surface area (Å²) in [7, 11) is 1.50. The number of rotatable bonds is 9. The Hall–Kier alpha value is -4.19. The van der Waals surface area contributed by atoms with Gasteiger partial charge in [0.2, 0.25) is 0 Å². The zero-order chi connectivity index (χ0) is 23.8. The number of carbonyl (C=O) groups excluding carboxylic acids is 1. The number of nitrogens with zero attached hydrogens (tertiary/aromatic N) is 1. The molecule has 0 spiro atoms. The van der Waals surface area contributed by atoms with E-state index in [1.54, 1.807) is 30.4 Å². The van der Waals surface area contributed by atoms with Crippen molar-refractivity contribution in [3.05, 3.63) is 101 Å². The van der Waals surface area contributed by atoms with Crippen molar-refractivity contribution in [3.63, 3.8) is 0 Å². The fourth-order valence-electron chi connectivity index (χ4n) is 3.30. The van der Waals surface area contributed by atoms with Crippen LogP contribution in [0, 0.1) is 0 Å². The normalized spacial score (nSPS) is 10.7. The first kappa shape index (κ1) is 23.5. The minimum Gasteiger partial charge on any atom is -0.496 e. The molecule has 0 fully saturated rings. The van der Waals surface area contributed by atoms with Gasteiger partial charge in [-0.1, -0.05) is 48.1 Å². The van der Waals surface area contributed by atoms with E-state index in [1.165, 1.54) is 19.5 Å². The number of esters is 1. The van der Waals surface area contributed by atoms with Crippen molar-refractivity contribution >= 4 is 24.1 Å². The third kappa shape index (κ3) is 5.95. The van der Waals surface area contributed by atoms with Crippen LogP contribution in [-0.2, 0) is 6.42 Å². The predicted octanol–water partition coefficient (Wildman–Crippen LogP) is 5.69. The summed E-state index contributed by atoms with van der Waals surface area (Å²) in [5, 5.41) is 10.1. The zero-order valence-electron chi connectivity index (χ0n) is 18.6. The van der Waals surface area contributed by atoms with Gasteiger partial charge >= 0.3 is 11.9 Å². The molecule has 0 unspecified atom stereocenters. The minimum atomic E-state index is -1.21. The van der Waals surface area contributed by atoms with Gasteiger partial charge in [-0.2, -0.15) is 0 Å². The van der Waals surface area contributed by atoms with Gasteiger partial charge in [0, 0.05) is 18.0 Å². The molecule has 1 aromatic heterocycles. The topological polar surface area (TPSA) is 85.7 Å². The van der Waals surface area contributed by atoms with Crippen molar-refractivity contribution < 1.29 is 24.2 Å². The Morgan fingerprint density at radius 1 is 1.12 bits per heavy atom. The largest absolute Gasteiger partial charge is 0.496 e. The summed E-state index contributed by atoms with van der Waals surface area (Å²) < 4.78 is 11.3. The van der Waals surface area contributed by atoms with E-state index in [-0.39, 0.29) is 16.9 Å². The lowest BCUT2D eigenvalue weighted by Crippen LogP contribution is -2.15. The van der Waals surface area contributed by atoms with E-state index in [9.17, 15) is 14.7 Å². The number of hydrogen-bond donors (Lipinski definition) is 1. The smallest absolute Gasteiger partial charge is 0.345 e. The van der Waals surface area contributed by atoms with Crippen LogP contribution >= 0.6 is 0 Å². The second kappa shape index (κ2) is 10.9. The van der Waals surface area contributed by atoms with E-state index in [0.717, 1.165) is 11.1 Å². The second-order valence-corrected chi connectivity index (χ2v) is 7.49. The van der Waals surface area contributed by atoms with E-state index in [1.807, 2.05) is 37.3 Å². The number of pyridine rings is 1. The third-order valence-corrected chi connectivity index (χ3v) is 4.96. The number of allylic oxidation sites excluding steroid dienone is 1. The SMILES string of the molecule is C=C(C)CCc1c(OC)cc(C=Cc2ccccc2)c(C(=O)O)c1OC(=O)c1cccnc1. The molecule has 3 rings (SSSR count). The average Bonchev–Trinajstić information content (AvgIpc) is 2.82. The number of aromatic carboxylic acids is 1. The van der Waals surface area contributed by atoms with Crippen molar-refractivity contribution in [3.8, 4) is 11.5 Å². The number of carboxylic acid groups (broad SMARTS) is 1. The Kier molecular flexibility index (Phi) is 7.76. The van der Waals surface area contributed by atoms with E-state index < -0.39 is 11.9 Å². The highest BCUT2D eigenvalue weighted by atomic mass is 16.5. The van der Waals surface area contributed by atoms with Gasteiger partial charge in [-0.15, -0.1) is 6.58 Å². The Balaban J connectivity index is 2.17. The summed E-state index contributed by atoms with van der Waals surface area (Å²) in [6.45, 7) is 5.80. The monoisotopic (exact) mass is 443 g/mol. The number of aromatic nitrogens is 1. The van der Waals surface area contributed by atoms with Crippen molar-refractivity contribution in [2.45, 2.75) is 19.8 Å². The maximum atomic E-state index is 12.8. The fourth-order valence-corrected chi connectivity index (χ4v) is 3.30. The fraction of sp³-hybridized carbons (Fsp3) is 0.148. The Labute approximate surface area is 192 Å². The van der Waals surface area contributed by atoms with Crippen LogP contribution in [0.1, 0.15) is 50.8 Å². The van der Waals surface area contributed by atoms with Crippen LogP contribution < -0.4 is 9.47 Å². The molecule has 1 heterocycles. The average molecular weight is 443 g/mol. The van der Waals surface area contributed by atoms with Crippen LogP contribution in [-0.4, -0.2) is 29.1 Å². The molecule has 0 radical (unpaired) electrons. The van der Waals surface area contributed by atoms with Crippen molar-refractivity contribution in [2.24, 2.45) is 0 Å². The van der Waals surface area contributed by atoms with Crippen molar-refractivity contribution in [1.29, 1.82) is 0 Å². The molecule has 1 N–H and O–H groups in total. The molecular formula is C27H25NO5. The first-order valence-electron chi connectivity index (χ1n) is 10.4. The molecule has 0 aliphatic carbocycles. The molecule has 0 aliphatic rings. The van der Waals surface area contributed by atoms with Crippen LogP contribution in [0.25, 0.3) is 12.2 Å². The molecule has 6 nitrogen and oxygen atoms in total. The lowest BCUT2D eigenvalue weighted by atomic mass is 9.96. The number of ether oxygens (including phenoxy) is 2. The van der Waals surface area contributed by atoms with Crippen LogP contribution in [0.3, 0.4) is 0 Å². The molecule has 0 amide bonds. The third-order valence-electron chi connectivity index (χ3n) is 4.96. The Bertz CT molecular complexity index is 1180. The highest BCUT2D eigenvalue weighted by molar-refractivity contribution is 6.00. The van der Waals surface area contributed by atoms with Crippen molar-refractivity contribution in [2.75, 3.05) is 7.11 Å². The summed E-state index contributed by atoms with van der Waals surface area (Å²) in [6.07, 6.45) is 7.35. The first-order chi connectivity index (χ1) is 15.9. The van der Waals surface area contributed by atoms with Crippen molar-refractivity contribution in [1.82, 2.24) is 4.98 Å². The molecule has 168 valence electrons. The standard InChI is InChI=1S/C27H25NO5/c1-18(2)11-14-22-23(32-3)16-20(13-12-19-8-5-4-6-9-19)24(26(29)30)25(22)33-27(31)21-10-7-15-28-17-21/h4-10,12-13,15-17H,1,11,14H2,2-3H3,(H,29,30). The molecule has 0 saturated carbocycles. The number of methoxy groups -OCH3 is 1. The number of hydrogen-bond acceptors (Lipinski definition) is 5. The lowest BCUT2D eigenvalue weighted by Gasteiger charge is -2.18.